The zero-order valence-electron chi connectivity index (χ0n) is 19.7. The largest absolute Gasteiger partial charge is 0.325 e. The predicted molar refractivity (Wildman–Crippen MR) is 134 cm³/mol. The van der Waals surface area contributed by atoms with Gasteiger partial charge in [0.05, 0.1) is 22.3 Å². The number of carbonyl (C=O) groups is 2. The number of carbonyl (C=O) groups excluding carboxylic acids is 2. The molecule has 3 rings (SSSR count). The van der Waals surface area contributed by atoms with Crippen LogP contribution < -0.4 is 10.6 Å². The van der Waals surface area contributed by atoms with Gasteiger partial charge in [0, 0.05) is 11.4 Å². The van der Waals surface area contributed by atoms with Gasteiger partial charge in [-0.3, -0.25) is 14.3 Å². The van der Waals surface area contributed by atoms with E-state index in [0.29, 0.717) is 16.4 Å². The molecule has 2 aromatic carbocycles. The lowest BCUT2D eigenvalue weighted by Gasteiger charge is -2.23. The first kappa shape index (κ1) is 24.5. The molecule has 1 heterocycles. The lowest BCUT2D eigenvalue weighted by molar-refractivity contribution is -0.119. The van der Waals surface area contributed by atoms with E-state index in [4.69, 9.17) is 11.6 Å². The minimum absolute atomic E-state index is 0.0819. The molecule has 0 saturated carbocycles. The van der Waals surface area contributed by atoms with Crippen molar-refractivity contribution in [2.24, 2.45) is 5.92 Å². The van der Waals surface area contributed by atoms with Crippen molar-refractivity contribution < 1.29 is 9.59 Å². The molecule has 33 heavy (non-hydrogen) atoms. The molecule has 3 atom stereocenters. The molecule has 3 unspecified atom stereocenters. The van der Waals surface area contributed by atoms with Crippen molar-refractivity contribution in [1.29, 1.82) is 0 Å². The number of benzene rings is 2. The summed E-state index contributed by atoms with van der Waals surface area (Å²) in [7, 11) is 0. The molecule has 0 radical (unpaired) electrons. The molecule has 0 fully saturated rings. The van der Waals surface area contributed by atoms with E-state index in [9.17, 15) is 9.59 Å². The van der Waals surface area contributed by atoms with E-state index >= 15 is 0 Å². The standard InChI is InChI=1S/C26H31ClN4O2/c1-6-16(2)24(20-10-8-7-9-11-20)26(33)28-21-12-13-23(22(27)15-21)29-25(32)19(5)31-18(4)14-17(3)30-31/h7-16,19,24H,6H2,1-5H3,(H,28,33)(H,29,32). The Morgan fingerprint density at radius 1 is 1.00 bits per heavy atom. The van der Waals surface area contributed by atoms with Crippen molar-refractivity contribution in [2.45, 2.75) is 53.0 Å². The van der Waals surface area contributed by atoms with Crippen LogP contribution in [-0.2, 0) is 9.59 Å². The summed E-state index contributed by atoms with van der Waals surface area (Å²) >= 11 is 6.44. The highest BCUT2D eigenvalue weighted by Gasteiger charge is 2.26. The van der Waals surface area contributed by atoms with Gasteiger partial charge in [-0.05, 0) is 56.5 Å². The summed E-state index contributed by atoms with van der Waals surface area (Å²) in [5.41, 5.74) is 3.82. The van der Waals surface area contributed by atoms with E-state index in [0.717, 1.165) is 23.4 Å². The molecule has 0 bridgehead atoms. The van der Waals surface area contributed by atoms with E-state index < -0.39 is 6.04 Å². The van der Waals surface area contributed by atoms with Gasteiger partial charge in [0.25, 0.3) is 0 Å². The van der Waals surface area contributed by atoms with Gasteiger partial charge in [-0.2, -0.15) is 5.10 Å². The Morgan fingerprint density at radius 2 is 1.70 bits per heavy atom. The van der Waals surface area contributed by atoms with E-state index in [2.05, 4.69) is 29.6 Å². The maximum Gasteiger partial charge on any atom is 0.248 e. The molecule has 0 spiro atoms. The van der Waals surface area contributed by atoms with Gasteiger partial charge < -0.3 is 10.6 Å². The lowest BCUT2D eigenvalue weighted by atomic mass is 9.85. The second-order valence-corrected chi connectivity index (χ2v) is 8.90. The van der Waals surface area contributed by atoms with Crippen LogP contribution in [0.3, 0.4) is 0 Å². The number of anilines is 2. The number of amides is 2. The molecule has 3 aromatic rings. The second kappa shape index (κ2) is 10.7. The van der Waals surface area contributed by atoms with Gasteiger partial charge in [0.15, 0.2) is 0 Å². The summed E-state index contributed by atoms with van der Waals surface area (Å²) in [5.74, 6) is -0.393. The van der Waals surface area contributed by atoms with Gasteiger partial charge in [0.2, 0.25) is 11.8 Å². The van der Waals surface area contributed by atoms with Crippen molar-refractivity contribution >= 4 is 34.8 Å². The Kier molecular flexibility index (Phi) is 7.92. The van der Waals surface area contributed by atoms with Crippen LogP contribution in [0.15, 0.2) is 54.6 Å². The van der Waals surface area contributed by atoms with Crippen molar-refractivity contribution in [2.75, 3.05) is 10.6 Å². The monoisotopic (exact) mass is 466 g/mol. The molecule has 174 valence electrons. The SMILES string of the molecule is CCC(C)C(C(=O)Nc1ccc(NC(=O)C(C)n2nc(C)cc2C)c(Cl)c1)c1ccccc1. The third-order valence-corrected chi connectivity index (χ3v) is 6.25. The van der Waals surface area contributed by atoms with Crippen LogP contribution in [0.25, 0.3) is 0 Å². The summed E-state index contributed by atoms with van der Waals surface area (Å²) in [5, 5.41) is 10.6. The first-order valence-electron chi connectivity index (χ1n) is 11.2. The molecular weight excluding hydrogens is 436 g/mol. The number of rotatable bonds is 8. The lowest BCUT2D eigenvalue weighted by Crippen LogP contribution is -2.26. The van der Waals surface area contributed by atoms with E-state index in [-0.39, 0.29) is 23.7 Å². The normalized spacial score (nSPS) is 13.8. The van der Waals surface area contributed by atoms with Gasteiger partial charge in [-0.15, -0.1) is 0 Å². The second-order valence-electron chi connectivity index (χ2n) is 8.49. The topological polar surface area (TPSA) is 76.0 Å². The molecule has 6 nitrogen and oxygen atoms in total. The number of hydrogen-bond acceptors (Lipinski definition) is 3. The Balaban J connectivity index is 1.72. The maximum absolute atomic E-state index is 13.1. The fourth-order valence-electron chi connectivity index (χ4n) is 3.94. The zero-order chi connectivity index (χ0) is 24.1. The summed E-state index contributed by atoms with van der Waals surface area (Å²) in [6, 6.07) is 16.3. The number of aryl methyl sites for hydroxylation is 2. The van der Waals surface area contributed by atoms with Crippen LogP contribution in [0.4, 0.5) is 11.4 Å². The van der Waals surface area contributed by atoms with Crippen LogP contribution in [0.5, 0.6) is 0 Å². The van der Waals surface area contributed by atoms with E-state index in [1.807, 2.05) is 50.2 Å². The number of halogens is 1. The number of nitrogens with one attached hydrogen (secondary N) is 2. The molecular formula is C26H31ClN4O2. The molecule has 2 amide bonds. The van der Waals surface area contributed by atoms with Crippen molar-refractivity contribution in [3.8, 4) is 0 Å². The van der Waals surface area contributed by atoms with Crippen LogP contribution in [0.1, 0.15) is 56.1 Å². The predicted octanol–water partition coefficient (Wildman–Crippen LogP) is 6.12. The summed E-state index contributed by atoms with van der Waals surface area (Å²) < 4.78 is 1.69. The minimum Gasteiger partial charge on any atom is -0.325 e. The minimum atomic E-state index is -0.490. The van der Waals surface area contributed by atoms with Crippen LogP contribution in [0, 0.1) is 19.8 Å². The molecule has 0 aliphatic carbocycles. The van der Waals surface area contributed by atoms with Crippen molar-refractivity contribution in [3.05, 3.63) is 76.6 Å². The van der Waals surface area contributed by atoms with Gasteiger partial charge in [0.1, 0.15) is 6.04 Å². The maximum atomic E-state index is 13.1. The fraction of sp³-hybridized carbons (Fsp3) is 0.346. The van der Waals surface area contributed by atoms with Gasteiger partial charge in [-0.1, -0.05) is 62.2 Å². The first-order chi connectivity index (χ1) is 15.7. The summed E-state index contributed by atoms with van der Waals surface area (Å²) in [4.78, 5) is 25.9. The highest BCUT2D eigenvalue weighted by molar-refractivity contribution is 6.34. The molecule has 7 heteroatoms. The zero-order valence-corrected chi connectivity index (χ0v) is 20.5. The number of aromatic nitrogens is 2. The Hall–Kier alpha value is -3.12. The Labute approximate surface area is 200 Å². The summed E-state index contributed by atoms with van der Waals surface area (Å²) in [6.45, 7) is 9.75. The van der Waals surface area contributed by atoms with Crippen LogP contribution in [0.2, 0.25) is 5.02 Å². The average molecular weight is 467 g/mol. The number of nitrogens with zero attached hydrogens (tertiary/aromatic N) is 2. The number of hydrogen-bond donors (Lipinski definition) is 2. The molecule has 0 aliphatic rings. The average Bonchev–Trinajstić information content (AvgIpc) is 3.13. The quantitative estimate of drug-likeness (QED) is 0.419. The molecule has 1 aromatic heterocycles. The first-order valence-corrected chi connectivity index (χ1v) is 11.6. The third-order valence-electron chi connectivity index (χ3n) is 5.94. The Morgan fingerprint density at radius 3 is 2.27 bits per heavy atom. The van der Waals surface area contributed by atoms with Crippen LogP contribution >= 0.6 is 11.6 Å². The van der Waals surface area contributed by atoms with Gasteiger partial charge in [-0.25, -0.2) is 0 Å². The Bertz CT molecular complexity index is 1130. The van der Waals surface area contributed by atoms with Crippen LogP contribution in [-0.4, -0.2) is 21.6 Å². The molecule has 2 N–H and O–H groups in total. The van der Waals surface area contributed by atoms with Crippen molar-refractivity contribution in [3.63, 3.8) is 0 Å². The smallest absolute Gasteiger partial charge is 0.248 e. The molecule has 0 saturated heterocycles. The van der Waals surface area contributed by atoms with Gasteiger partial charge >= 0.3 is 0 Å². The summed E-state index contributed by atoms with van der Waals surface area (Å²) in [6.07, 6.45) is 0.881. The molecule has 0 aliphatic heterocycles. The van der Waals surface area contributed by atoms with E-state index in [1.54, 1.807) is 29.8 Å². The highest BCUT2D eigenvalue weighted by atomic mass is 35.5. The third kappa shape index (κ3) is 5.82. The van der Waals surface area contributed by atoms with E-state index in [1.165, 1.54) is 0 Å². The van der Waals surface area contributed by atoms with Crippen molar-refractivity contribution in [1.82, 2.24) is 9.78 Å². The highest BCUT2D eigenvalue weighted by Crippen LogP contribution is 2.31. The fourth-order valence-corrected chi connectivity index (χ4v) is 4.16.